The molecule has 0 aliphatic carbocycles. The smallest absolute Gasteiger partial charge is 0.143 e. The maximum atomic E-state index is 5.83. The highest BCUT2D eigenvalue weighted by Crippen LogP contribution is 2.25. The van der Waals surface area contributed by atoms with Crippen LogP contribution in [0.1, 0.15) is 5.56 Å². The highest BCUT2D eigenvalue weighted by Gasteiger charge is 2.00. The van der Waals surface area contributed by atoms with Gasteiger partial charge in [-0.15, -0.1) is 0 Å². The number of anilines is 2. The third-order valence-corrected chi connectivity index (χ3v) is 2.90. The second kappa shape index (κ2) is 5.65. The Morgan fingerprint density at radius 1 is 1.17 bits per heavy atom. The Morgan fingerprint density at radius 2 is 1.89 bits per heavy atom. The number of rotatable bonds is 4. The number of hydrogen-bond donors (Lipinski definition) is 2. The van der Waals surface area contributed by atoms with Gasteiger partial charge >= 0.3 is 0 Å². The summed E-state index contributed by atoms with van der Waals surface area (Å²) in [5.41, 5.74) is 8.52. The molecule has 0 aliphatic heterocycles. The summed E-state index contributed by atoms with van der Waals surface area (Å²) in [7, 11) is 1.61. The maximum absolute atomic E-state index is 5.83. The molecule has 0 spiro atoms. The first kappa shape index (κ1) is 12.6. The Hall–Kier alpha value is -1.87. The van der Waals surface area contributed by atoms with Gasteiger partial charge in [-0.3, -0.25) is 0 Å². The summed E-state index contributed by atoms with van der Waals surface area (Å²) in [4.78, 5) is 0. The van der Waals surface area contributed by atoms with E-state index in [0.29, 0.717) is 11.4 Å². The molecule has 0 atom stereocenters. The highest BCUT2D eigenvalue weighted by molar-refractivity contribution is 6.30. The molecule has 2 aromatic carbocycles. The Labute approximate surface area is 112 Å². The molecule has 3 N–H and O–H groups in total. The summed E-state index contributed by atoms with van der Waals surface area (Å²) in [5, 5.41) is 4.05. The van der Waals surface area contributed by atoms with E-state index in [-0.39, 0.29) is 0 Å². The predicted octanol–water partition coefficient (Wildman–Crippen LogP) is 3.54. The Kier molecular flexibility index (Phi) is 3.95. The maximum Gasteiger partial charge on any atom is 0.143 e. The number of benzene rings is 2. The Bertz CT molecular complexity index is 526. The first-order chi connectivity index (χ1) is 8.69. The molecule has 0 saturated heterocycles. The van der Waals surface area contributed by atoms with Crippen LogP contribution in [0, 0.1) is 0 Å². The second-order valence-corrected chi connectivity index (χ2v) is 4.37. The van der Waals surface area contributed by atoms with Crippen molar-refractivity contribution in [2.24, 2.45) is 0 Å². The lowest BCUT2D eigenvalue weighted by Gasteiger charge is -2.10. The van der Waals surface area contributed by atoms with Gasteiger partial charge in [0.25, 0.3) is 0 Å². The second-order valence-electron chi connectivity index (χ2n) is 3.94. The van der Waals surface area contributed by atoms with E-state index in [2.05, 4.69) is 5.32 Å². The molecule has 0 radical (unpaired) electrons. The third kappa shape index (κ3) is 3.08. The number of nitrogens with two attached hydrogens (primary N) is 1. The average molecular weight is 263 g/mol. The number of hydrogen-bond acceptors (Lipinski definition) is 3. The minimum Gasteiger partial charge on any atom is -0.495 e. The molecule has 0 unspecified atom stereocenters. The average Bonchev–Trinajstić information content (AvgIpc) is 2.39. The first-order valence-electron chi connectivity index (χ1n) is 5.61. The van der Waals surface area contributed by atoms with E-state index in [1.807, 2.05) is 42.5 Å². The summed E-state index contributed by atoms with van der Waals surface area (Å²) < 4.78 is 5.17. The van der Waals surface area contributed by atoms with Crippen molar-refractivity contribution in [2.45, 2.75) is 6.54 Å². The molecule has 0 saturated carbocycles. The molecular formula is C14H15ClN2O. The largest absolute Gasteiger partial charge is 0.495 e. The normalized spacial score (nSPS) is 10.1. The topological polar surface area (TPSA) is 47.3 Å². The van der Waals surface area contributed by atoms with Crippen LogP contribution in [-0.4, -0.2) is 7.11 Å². The lowest BCUT2D eigenvalue weighted by molar-refractivity contribution is 0.417. The van der Waals surface area contributed by atoms with Crippen LogP contribution < -0.4 is 15.8 Å². The van der Waals surface area contributed by atoms with Crippen LogP contribution in [0.2, 0.25) is 5.02 Å². The number of ether oxygens (including phenoxy) is 1. The summed E-state index contributed by atoms with van der Waals surface area (Å²) in [6.45, 7) is 0.726. The van der Waals surface area contributed by atoms with Crippen molar-refractivity contribution in [3.05, 3.63) is 53.1 Å². The van der Waals surface area contributed by atoms with Gasteiger partial charge in [0.05, 0.1) is 12.8 Å². The molecule has 0 aliphatic rings. The molecule has 0 fully saturated rings. The van der Waals surface area contributed by atoms with Crippen LogP contribution in [0.15, 0.2) is 42.5 Å². The zero-order valence-corrected chi connectivity index (χ0v) is 10.9. The van der Waals surface area contributed by atoms with Gasteiger partial charge in [0.15, 0.2) is 0 Å². The first-order valence-corrected chi connectivity index (χ1v) is 5.98. The standard InChI is InChI=1S/C14H15ClN2O/c1-18-14-8-12(6-7-13(14)16)17-9-10-2-4-11(15)5-3-10/h2-8,17H,9,16H2,1H3. The van der Waals surface area contributed by atoms with Crippen molar-refractivity contribution in [2.75, 3.05) is 18.2 Å². The SMILES string of the molecule is COc1cc(NCc2ccc(Cl)cc2)ccc1N. The Morgan fingerprint density at radius 3 is 2.56 bits per heavy atom. The fourth-order valence-corrected chi connectivity index (χ4v) is 1.75. The molecule has 2 aromatic rings. The van der Waals surface area contributed by atoms with Gasteiger partial charge in [0, 0.05) is 23.3 Å². The molecule has 0 heterocycles. The Balaban J connectivity index is 2.04. The number of halogens is 1. The number of methoxy groups -OCH3 is 1. The quantitative estimate of drug-likeness (QED) is 0.829. The predicted molar refractivity (Wildman–Crippen MR) is 76.2 cm³/mol. The highest BCUT2D eigenvalue weighted by atomic mass is 35.5. The van der Waals surface area contributed by atoms with E-state index in [4.69, 9.17) is 22.1 Å². The zero-order chi connectivity index (χ0) is 13.0. The molecular weight excluding hydrogens is 248 g/mol. The fourth-order valence-electron chi connectivity index (χ4n) is 1.63. The van der Waals surface area contributed by atoms with E-state index in [1.54, 1.807) is 7.11 Å². The zero-order valence-electron chi connectivity index (χ0n) is 10.1. The van der Waals surface area contributed by atoms with E-state index < -0.39 is 0 Å². The summed E-state index contributed by atoms with van der Waals surface area (Å²) in [5.74, 6) is 0.677. The van der Waals surface area contributed by atoms with Gasteiger partial charge in [0.2, 0.25) is 0 Å². The van der Waals surface area contributed by atoms with E-state index >= 15 is 0 Å². The minimum atomic E-state index is 0.634. The van der Waals surface area contributed by atoms with Gasteiger partial charge < -0.3 is 15.8 Å². The van der Waals surface area contributed by atoms with Crippen molar-refractivity contribution >= 4 is 23.0 Å². The molecule has 18 heavy (non-hydrogen) atoms. The van der Waals surface area contributed by atoms with Gasteiger partial charge in [0.1, 0.15) is 5.75 Å². The minimum absolute atomic E-state index is 0.634. The van der Waals surface area contributed by atoms with Crippen LogP contribution in [0.4, 0.5) is 11.4 Å². The number of nitrogens with one attached hydrogen (secondary N) is 1. The fraction of sp³-hybridized carbons (Fsp3) is 0.143. The third-order valence-electron chi connectivity index (χ3n) is 2.64. The van der Waals surface area contributed by atoms with Crippen molar-refractivity contribution in [1.82, 2.24) is 0 Å². The van der Waals surface area contributed by atoms with Crippen LogP contribution in [0.3, 0.4) is 0 Å². The van der Waals surface area contributed by atoms with E-state index in [9.17, 15) is 0 Å². The molecule has 0 bridgehead atoms. The number of nitrogen functional groups attached to an aromatic ring is 1. The van der Waals surface area contributed by atoms with Gasteiger partial charge in [-0.2, -0.15) is 0 Å². The molecule has 2 rings (SSSR count). The van der Waals surface area contributed by atoms with Gasteiger partial charge in [-0.05, 0) is 29.8 Å². The van der Waals surface area contributed by atoms with Crippen molar-refractivity contribution in [3.63, 3.8) is 0 Å². The summed E-state index contributed by atoms with van der Waals surface area (Å²) in [6.07, 6.45) is 0. The van der Waals surface area contributed by atoms with Gasteiger partial charge in [-0.1, -0.05) is 23.7 Å². The van der Waals surface area contributed by atoms with E-state index in [1.165, 1.54) is 0 Å². The van der Waals surface area contributed by atoms with Crippen LogP contribution in [0.25, 0.3) is 0 Å². The van der Waals surface area contributed by atoms with Crippen molar-refractivity contribution < 1.29 is 4.74 Å². The summed E-state index contributed by atoms with van der Waals surface area (Å²) in [6, 6.07) is 13.4. The van der Waals surface area contributed by atoms with E-state index in [0.717, 1.165) is 22.8 Å². The molecule has 94 valence electrons. The lowest BCUT2D eigenvalue weighted by atomic mass is 10.2. The molecule has 0 aromatic heterocycles. The van der Waals surface area contributed by atoms with Gasteiger partial charge in [-0.25, -0.2) is 0 Å². The van der Waals surface area contributed by atoms with Crippen LogP contribution in [0.5, 0.6) is 5.75 Å². The van der Waals surface area contributed by atoms with Crippen molar-refractivity contribution in [3.8, 4) is 5.75 Å². The lowest BCUT2D eigenvalue weighted by Crippen LogP contribution is -2.00. The van der Waals surface area contributed by atoms with Crippen molar-refractivity contribution in [1.29, 1.82) is 0 Å². The van der Waals surface area contributed by atoms with Crippen LogP contribution in [-0.2, 0) is 6.54 Å². The summed E-state index contributed by atoms with van der Waals surface area (Å²) >= 11 is 5.83. The monoisotopic (exact) mass is 262 g/mol. The molecule has 4 heteroatoms. The molecule has 0 amide bonds. The molecule has 3 nitrogen and oxygen atoms in total. The van der Waals surface area contributed by atoms with Crippen LogP contribution >= 0.6 is 11.6 Å².